The normalized spacial score (nSPS) is 18.0. The smallest absolute Gasteiger partial charge is 0.320 e. The van der Waals surface area contributed by atoms with E-state index in [-0.39, 0.29) is 5.91 Å². The van der Waals surface area contributed by atoms with Crippen LogP contribution >= 0.6 is 11.8 Å². The number of rotatable bonds is 7. The number of thioether (sulfide) groups is 1. The fourth-order valence-electron chi connectivity index (χ4n) is 2.27. The van der Waals surface area contributed by atoms with E-state index in [9.17, 15) is 9.59 Å². The molecule has 6 heteroatoms. The van der Waals surface area contributed by atoms with Gasteiger partial charge in [-0.1, -0.05) is 19.3 Å². The van der Waals surface area contributed by atoms with Gasteiger partial charge in [0, 0.05) is 13.1 Å². The van der Waals surface area contributed by atoms with Crippen LogP contribution in [0.15, 0.2) is 0 Å². The lowest BCUT2D eigenvalue weighted by Gasteiger charge is -2.31. The molecule has 1 saturated carbocycles. The Bertz CT molecular complexity index is 306. The van der Waals surface area contributed by atoms with Crippen LogP contribution in [-0.4, -0.2) is 52.5 Å². The molecule has 1 atom stereocenters. The molecule has 3 N–H and O–H groups in total. The Kier molecular flexibility index (Phi) is 7.23. The van der Waals surface area contributed by atoms with E-state index in [1.165, 1.54) is 31.0 Å². The Morgan fingerprint density at radius 1 is 1.37 bits per heavy atom. The summed E-state index contributed by atoms with van der Waals surface area (Å²) in [5.74, 6) is 0.184. The van der Waals surface area contributed by atoms with Gasteiger partial charge in [0.1, 0.15) is 6.04 Å². The number of hydrogen-bond acceptors (Lipinski definition) is 4. The Labute approximate surface area is 118 Å². The van der Waals surface area contributed by atoms with Crippen molar-refractivity contribution in [3.63, 3.8) is 0 Å². The molecule has 110 valence electrons. The van der Waals surface area contributed by atoms with Crippen LogP contribution in [0.5, 0.6) is 0 Å². The van der Waals surface area contributed by atoms with E-state index in [0.717, 1.165) is 12.8 Å². The van der Waals surface area contributed by atoms with E-state index in [4.69, 9.17) is 10.8 Å². The lowest BCUT2D eigenvalue weighted by Crippen LogP contribution is -2.39. The molecule has 0 radical (unpaired) electrons. The Balaban J connectivity index is 2.17. The number of hydrogen-bond donors (Lipinski definition) is 2. The quantitative estimate of drug-likeness (QED) is 0.690. The Morgan fingerprint density at radius 3 is 2.58 bits per heavy atom. The molecular weight excluding hydrogens is 264 g/mol. The molecule has 0 aromatic heterocycles. The first-order chi connectivity index (χ1) is 9.02. The van der Waals surface area contributed by atoms with Crippen LogP contribution in [0.25, 0.3) is 0 Å². The van der Waals surface area contributed by atoms with Gasteiger partial charge in [0.25, 0.3) is 0 Å². The lowest BCUT2D eigenvalue weighted by atomic mass is 9.94. The van der Waals surface area contributed by atoms with Crippen molar-refractivity contribution in [1.82, 2.24) is 4.90 Å². The second kappa shape index (κ2) is 8.43. The van der Waals surface area contributed by atoms with E-state index in [2.05, 4.69) is 0 Å². The summed E-state index contributed by atoms with van der Waals surface area (Å²) >= 11 is 1.46. The molecule has 1 unspecified atom stereocenters. The summed E-state index contributed by atoms with van der Waals surface area (Å²) in [6.07, 6.45) is 6.32. The van der Waals surface area contributed by atoms with Gasteiger partial charge in [-0.3, -0.25) is 9.59 Å². The van der Waals surface area contributed by atoms with Gasteiger partial charge in [0.15, 0.2) is 0 Å². The average Bonchev–Trinajstić information content (AvgIpc) is 2.43. The van der Waals surface area contributed by atoms with Crippen LogP contribution < -0.4 is 5.73 Å². The van der Waals surface area contributed by atoms with Crippen LogP contribution in [0.1, 0.15) is 38.5 Å². The molecule has 1 aliphatic carbocycles. The third kappa shape index (κ3) is 5.82. The second-order valence-corrected chi connectivity index (χ2v) is 6.19. The predicted octanol–water partition coefficient (Wildman–Crippen LogP) is 1.31. The van der Waals surface area contributed by atoms with Crippen molar-refractivity contribution in [2.45, 2.75) is 50.6 Å². The molecule has 0 spiro atoms. The maximum Gasteiger partial charge on any atom is 0.320 e. The number of carbonyl (C=O) groups excluding carboxylic acids is 1. The molecule has 0 saturated heterocycles. The highest BCUT2D eigenvalue weighted by Gasteiger charge is 2.21. The van der Waals surface area contributed by atoms with E-state index in [1.807, 2.05) is 11.9 Å². The zero-order chi connectivity index (χ0) is 14.3. The van der Waals surface area contributed by atoms with Crippen LogP contribution in [0.3, 0.4) is 0 Å². The van der Waals surface area contributed by atoms with Crippen molar-refractivity contribution < 1.29 is 14.7 Å². The van der Waals surface area contributed by atoms with Crippen LogP contribution in [0.2, 0.25) is 0 Å². The largest absolute Gasteiger partial charge is 0.480 e. The Morgan fingerprint density at radius 2 is 2.00 bits per heavy atom. The molecule has 0 heterocycles. The van der Waals surface area contributed by atoms with Gasteiger partial charge >= 0.3 is 5.97 Å². The number of carboxylic acids is 1. The number of amides is 1. The summed E-state index contributed by atoms with van der Waals surface area (Å²) in [6, 6.07) is -0.429. The highest BCUT2D eigenvalue weighted by molar-refractivity contribution is 7.99. The lowest BCUT2D eigenvalue weighted by molar-refractivity contribution is -0.138. The highest BCUT2D eigenvalue weighted by atomic mass is 32.2. The maximum absolute atomic E-state index is 12.0. The zero-order valence-corrected chi connectivity index (χ0v) is 12.3. The number of nitrogens with zero attached hydrogens (tertiary/aromatic N) is 1. The van der Waals surface area contributed by atoms with Crippen LogP contribution in [0, 0.1) is 0 Å². The minimum absolute atomic E-state index is 0.140. The van der Waals surface area contributed by atoms with Gasteiger partial charge in [-0.15, -0.1) is 0 Å². The summed E-state index contributed by atoms with van der Waals surface area (Å²) in [5.41, 5.74) is 5.40. The minimum atomic E-state index is -0.980. The summed E-state index contributed by atoms with van der Waals surface area (Å²) in [4.78, 5) is 24.4. The van der Waals surface area contributed by atoms with Crippen molar-refractivity contribution in [2.24, 2.45) is 5.73 Å². The molecule has 1 rings (SSSR count). The third-order valence-electron chi connectivity index (χ3n) is 3.63. The van der Waals surface area contributed by atoms with Gasteiger partial charge in [-0.25, -0.2) is 0 Å². The molecule has 0 aliphatic heterocycles. The molecule has 0 aromatic carbocycles. The third-order valence-corrected chi connectivity index (χ3v) is 4.61. The SMILES string of the molecule is CN(C(=O)CSCCC(N)C(=O)O)C1CCCCC1. The molecule has 5 nitrogen and oxygen atoms in total. The van der Waals surface area contributed by atoms with Gasteiger partial charge in [0.2, 0.25) is 5.91 Å². The second-order valence-electron chi connectivity index (χ2n) is 5.08. The molecule has 1 fully saturated rings. The van der Waals surface area contributed by atoms with Crippen molar-refractivity contribution in [3.05, 3.63) is 0 Å². The highest BCUT2D eigenvalue weighted by Crippen LogP contribution is 2.22. The first-order valence-electron chi connectivity index (χ1n) is 6.84. The average molecular weight is 288 g/mol. The molecule has 1 aliphatic rings. The number of aliphatic carboxylic acids is 1. The monoisotopic (exact) mass is 288 g/mol. The molecular formula is C13H24N2O3S. The van der Waals surface area contributed by atoms with Gasteiger partial charge in [-0.05, 0) is 25.0 Å². The number of carbonyl (C=O) groups is 2. The fraction of sp³-hybridized carbons (Fsp3) is 0.846. The van der Waals surface area contributed by atoms with Gasteiger partial charge in [-0.2, -0.15) is 11.8 Å². The zero-order valence-electron chi connectivity index (χ0n) is 11.5. The van der Waals surface area contributed by atoms with E-state index >= 15 is 0 Å². The molecule has 0 aromatic rings. The predicted molar refractivity (Wildman–Crippen MR) is 77.2 cm³/mol. The van der Waals surface area contributed by atoms with Gasteiger partial charge in [0.05, 0.1) is 5.75 Å². The van der Waals surface area contributed by atoms with Crippen molar-refractivity contribution in [3.8, 4) is 0 Å². The van der Waals surface area contributed by atoms with Crippen LogP contribution in [0.4, 0.5) is 0 Å². The molecule has 1 amide bonds. The number of nitrogens with two attached hydrogens (primary N) is 1. The first kappa shape index (κ1) is 16.3. The minimum Gasteiger partial charge on any atom is -0.480 e. The summed E-state index contributed by atoms with van der Waals surface area (Å²) < 4.78 is 0. The van der Waals surface area contributed by atoms with E-state index in [0.29, 0.717) is 24.0 Å². The van der Waals surface area contributed by atoms with Gasteiger partial charge < -0.3 is 15.7 Å². The van der Waals surface area contributed by atoms with Crippen molar-refractivity contribution in [1.29, 1.82) is 0 Å². The standard InChI is InChI=1S/C13H24N2O3S/c1-15(10-5-3-2-4-6-10)12(16)9-19-8-7-11(14)13(17)18/h10-11H,2-9,14H2,1H3,(H,17,18). The summed E-state index contributed by atoms with van der Waals surface area (Å²) in [6.45, 7) is 0. The molecule has 0 bridgehead atoms. The van der Waals surface area contributed by atoms with Crippen molar-refractivity contribution >= 4 is 23.6 Å². The topological polar surface area (TPSA) is 83.6 Å². The number of carboxylic acid groups (broad SMARTS) is 1. The summed E-state index contributed by atoms with van der Waals surface area (Å²) in [5, 5.41) is 8.64. The molecule has 19 heavy (non-hydrogen) atoms. The van der Waals surface area contributed by atoms with E-state index < -0.39 is 12.0 Å². The van der Waals surface area contributed by atoms with E-state index in [1.54, 1.807) is 0 Å². The Hall–Kier alpha value is -0.750. The maximum atomic E-state index is 12.0. The van der Waals surface area contributed by atoms with Crippen LogP contribution in [-0.2, 0) is 9.59 Å². The summed E-state index contributed by atoms with van der Waals surface area (Å²) in [7, 11) is 1.88. The fourth-order valence-corrected chi connectivity index (χ4v) is 3.21. The first-order valence-corrected chi connectivity index (χ1v) is 7.99. The van der Waals surface area contributed by atoms with Crippen molar-refractivity contribution in [2.75, 3.05) is 18.6 Å².